The van der Waals surface area contributed by atoms with Crippen molar-refractivity contribution in [3.8, 4) is 17.3 Å². The highest BCUT2D eigenvalue weighted by molar-refractivity contribution is 7.18. The second-order valence-electron chi connectivity index (χ2n) is 5.43. The molecule has 2 aromatic carbocycles. The van der Waals surface area contributed by atoms with Crippen LogP contribution in [0.5, 0.6) is 0 Å². The first kappa shape index (κ1) is 18.3. The quantitative estimate of drug-likeness (QED) is 0.676. The number of nitriles is 1. The zero-order valence-corrected chi connectivity index (χ0v) is 15.2. The van der Waals surface area contributed by atoms with Crippen LogP contribution in [-0.2, 0) is 4.74 Å². The normalized spacial score (nSPS) is 10.1. The van der Waals surface area contributed by atoms with Gasteiger partial charge in [0.1, 0.15) is 4.88 Å². The van der Waals surface area contributed by atoms with Gasteiger partial charge in [0.25, 0.3) is 5.91 Å². The number of esters is 1. The molecule has 0 aliphatic heterocycles. The lowest BCUT2D eigenvalue weighted by Gasteiger charge is -2.01. The first-order valence-corrected chi connectivity index (χ1v) is 8.99. The highest BCUT2D eigenvalue weighted by Gasteiger charge is 2.21. The van der Waals surface area contributed by atoms with E-state index in [-0.39, 0.29) is 12.5 Å². The van der Waals surface area contributed by atoms with Gasteiger partial charge in [0.15, 0.2) is 5.13 Å². The molecule has 0 aliphatic carbocycles. The number of thiazole rings is 1. The van der Waals surface area contributed by atoms with Crippen LogP contribution in [0.2, 0.25) is 0 Å². The number of nitrogens with zero attached hydrogens (tertiary/aromatic N) is 2. The second-order valence-corrected chi connectivity index (χ2v) is 6.43. The minimum absolute atomic E-state index is 0.248. The number of ether oxygens (including phenoxy) is 1. The summed E-state index contributed by atoms with van der Waals surface area (Å²) in [7, 11) is 0. The summed E-state index contributed by atoms with van der Waals surface area (Å²) in [6, 6.07) is 17.5. The van der Waals surface area contributed by atoms with Crippen LogP contribution in [0.15, 0.2) is 54.6 Å². The maximum atomic E-state index is 12.4. The van der Waals surface area contributed by atoms with Gasteiger partial charge in [0.2, 0.25) is 0 Å². The molecule has 0 fully saturated rings. The number of amides is 1. The topological polar surface area (TPSA) is 92.1 Å². The van der Waals surface area contributed by atoms with Crippen LogP contribution >= 0.6 is 11.3 Å². The minimum atomic E-state index is -0.479. The zero-order valence-electron chi connectivity index (χ0n) is 14.4. The number of carbonyl (C=O) groups excluding carboxylic acids is 2. The lowest BCUT2D eigenvalue weighted by atomic mass is 10.1. The van der Waals surface area contributed by atoms with Gasteiger partial charge in [0.05, 0.1) is 23.9 Å². The molecular weight excluding hydrogens is 362 g/mol. The maximum Gasteiger partial charge on any atom is 0.350 e. The summed E-state index contributed by atoms with van der Waals surface area (Å²) in [6.07, 6.45) is 0. The molecule has 0 saturated carbocycles. The second kappa shape index (κ2) is 8.25. The Kier molecular flexibility index (Phi) is 5.59. The van der Waals surface area contributed by atoms with E-state index in [2.05, 4.69) is 10.3 Å². The van der Waals surface area contributed by atoms with Gasteiger partial charge in [-0.15, -0.1) is 0 Å². The first-order chi connectivity index (χ1) is 13.1. The minimum Gasteiger partial charge on any atom is -0.462 e. The van der Waals surface area contributed by atoms with Crippen LogP contribution in [0.4, 0.5) is 5.13 Å². The summed E-state index contributed by atoms with van der Waals surface area (Å²) in [5.41, 5.74) is 2.09. The average Bonchev–Trinajstić information content (AvgIpc) is 3.13. The molecule has 0 saturated heterocycles. The third kappa shape index (κ3) is 4.19. The fourth-order valence-corrected chi connectivity index (χ4v) is 3.24. The summed E-state index contributed by atoms with van der Waals surface area (Å²) in [6.45, 7) is 1.98. The van der Waals surface area contributed by atoms with Crippen LogP contribution in [0, 0.1) is 11.3 Å². The molecule has 3 rings (SSSR count). The summed E-state index contributed by atoms with van der Waals surface area (Å²) >= 11 is 1.06. The predicted molar refractivity (Wildman–Crippen MR) is 103 cm³/mol. The number of aromatic nitrogens is 1. The van der Waals surface area contributed by atoms with E-state index in [9.17, 15) is 9.59 Å². The largest absolute Gasteiger partial charge is 0.462 e. The van der Waals surface area contributed by atoms with Gasteiger partial charge in [-0.1, -0.05) is 41.7 Å². The predicted octanol–water partition coefficient (Wildman–Crippen LogP) is 4.11. The highest BCUT2D eigenvalue weighted by atomic mass is 32.1. The molecule has 0 unspecified atom stereocenters. The molecule has 0 bridgehead atoms. The van der Waals surface area contributed by atoms with Gasteiger partial charge < -0.3 is 4.74 Å². The molecule has 27 heavy (non-hydrogen) atoms. The van der Waals surface area contributed by atoms with Crippen molar-refractivity contribution in [2.45, 2.75) is 6.92 Å². The third-order valence-electron chi connectivity index (χ3n) is 3.63. The van der Waals surface area contributed by atoms with Crippen molar-refractivity contribution < 1.29 is 14.3 Å². The highest BCUT2D eigenvalue weighted by Crippen LogP contribution is 2.32. The maximum absolute atomic E-state index is 12.4. The van der Waals surface area contributed by atoms with Crippen molar-refractivity contribution >= 4 is 28.3 Å². The van der Waals surface area contributed by atoms with Gasteiger partial charge in [-0.2, -0.15) is 5.26 Å². The van der Waals surface area contributed by atoms with Gasteiger partial charge in [-0.3, -0.25) is 10.1 Å². The molecule has 1 amide bonds. The number of hydrogen-bond donors (Lipinski definition) is 1. The Labute approximate surface area is 160 Å². The van der Waals surface area contributed by atoms with E-state index in [0.29, 0.717) is 26.8 Å². The van der Waals surface area contributed by atoms with Gasteiger partial charge in [-0.05, 0) is 31.2 Å². The molecule has 134 valence electrons. The number of nitrogens with one attached hydrogen (secondary N) is 1. The summed E-state index contributed by atoms with van der Waals surface area (Å²) in [5.74, 6) is -0.851. The fourth-order valence-electron chi connectivity index (χ4n) is 2.37. The van der Waals surface area contributed by atoms with Crippen LogP contribution in [0.25, 0.3) is 11.3 Å². The Hall–Kier alpha value is -3.50. The lowest BCUT2D eigenvalue weighted by Crippen LogP contribution is -2.11. The number of rotatable bonds is 5. The summed E-state index contributed by atoms with van der Waals surface area (Å²) < 4.78 is 5.11. The smallest absolute Gasteiger partial charge is 0.350 e. The van der Waals surface area contributed by atoms with Crippen molar-refractivity contribution in [2.75, 3.05) is 11.9 Å². The van der Waals surface area contributed by atoms with Crippen LogP contribution in [-0.4, -0.2) is 23.5 Å². The molecule has 0 aliphatic rings. The summed E-state index contributed by atoms with van der Waals surface area (Å²) in [4.78, 5) is 29.5. The molecular formula is C20H15N3O3S. The Morgan fingerprint density at radius 2 is 1.85 bits per heavy atom. The standard InChI is InChI=1S/C20H15N3O3S/c1-2-26-19(25)17-16(14-6-4-3-5-7-14)22-20(27-17)23-18(24)15-10-8-13(12-21)9-11-15/h3-11H,2H2,1H3,(H,22,23,24). The molecule has 0 spiro atoms. The molecule has 6 nitrogen and oxygen atoms in total. The number of carbonyl (C=O) groups is 2. The van der Waals surface area contributed by atoms with Crippen molar-refractivity contribution in [2.24, 2.45) is 0 Å². The SMILES string of the molecule is CCOC(=O)c1sc(NC(=O)c2ccc(C#N)cc2)nc1-c1ccccc1. The van der Waals surface area contributed by atoms with Crippen molar-refractivity contribution in [3.05, 3.63) is 70.6 Å². The van der Waals surface area contributed by atoms with E-state index in [0.717, 1.165) is 16.9 Å². The summed E-state index contributed by atoms with van der Waals surface area (Å²) in [5, 5.41) is 11.8. The Bertz CT molecular complexity index is 1010. The van der Waals surface area contributed by atoms with E-state index in [4.69, 9.17) is 10.00 Å². The van der Waals surface area contributed by atoms with E-state index in [1.165, 1.54) is 0 Å². The number of anilines is 1. The van der Waals surface area contributed by atoms with E-state index < -0.39 is 5.97 Å². The number of hydrogen-bond acceptors (Lipinski definition) is 6. The fraction of sp³-hybridized carbons (Fsp3) is 0.100. The molecule has 7 heteroatoms. The van der Waals surface area contributed by atoms with Gasteiger partial charge >= 0.3 is 5.97 Å². The van der Waals surface area contributed by atoms with Crippen LogP contribution < -0.4 is 5.32 Å². The monoisotopic (exact) mass is 377 g/mol. The van der Waals surface area contributed by atoms with E-state index in [1.807, 2.05) is 36.4 Å². The molecule has 1 N–H and O–H groups in total. The molecule has 3 aromatic rings. The Morgan fingerprint density at radius 1 is 1.15 bits per heavy atom. The zero-order chi connectivity index (χ0) is 19.2. The number of benzene rings is 2. The van der Waals surface area contributed by atoms with Crippen molar-refractivity contribution in [3.63, 3.8) is 0 Å². The molecule has 1 heterocycles. The van der Waals surface area contributed by atoms with Crippen LogP contribution in [0.1, 0.15) is 32.5 Å². The van der Waals surface area contributed by atoms with Gasteiger partial charge in [0, 0.05) is 11.1 Å². The molecule has 0 radical (unpaired) electrons. The van der Waals surface area contributed by atoms with E-state index >= 15 is 0 Å². The van der Waals surface area contributed by atoms with Crippen LogP contribution in [0.3, 0.4) is 0 Å². The Balaban J connectivity index is 1.90. The van der Waals surface area contributed by atoms with E-state index in [1.54, 1.807) is 31.2 Å². The average molecular weight is 377 g/mol. The van der Waals surface area contributed by atoms with Crippen molar-refractivity contribution in [1.82, 2.24) is 4.98 Å². The third-order valence-corrected chi connectivity index (χ3v) is 4.58. The first-order valence-electron chi connectivity index (χ1n) is 8.17. The van der Waals surface area contributed by atoms with Crippen molar-refractivity contribution in [1.29, 1.82) is 5.26 Å². The van der Waals surface area contributed by atoms with Gasteiger partial charge in [-0.25, -0.2) is 9.78 Å². The molecule has 1 aromatic heterocycles. The lowest BCUT2D eigenvalue weighted by molar-refractivity contribution is 0.0532. The molecule has 0 atom stereocenters. The Morgan fingerprint density at radius 3 is 2.48 bits per heavy atom.